The molecule has 130 valence electrons. The molecule has 7 heteroatoms. The van der Waals surface area contributed by atoms with E-state index in [4.69, 9.17) is 4.74 Å². The molecule has 3 aromatic rings. The lowest BCUT2D eigenvalue weighted by atomic mass is 9.98. The third-order valence-corrected chi connectivity index (χ3v) is 5.89. The van der Waals surface area contributed by atoms with Crippen molar-refractivity contribution in [3.8, 4) is 5.88 Å². The molecule has 1 atom stereocenters. The topological polar surface area (TPSA) is 64.0 Å². The second-order valence-electron chi connectivity index (χ2n) is 6.47. The van der Waals surface area contributed by atoms with Crippen molar-refractivity contribution >= 4 is 27.4 Å². The summed E-state index contributed by atoms with van der Waals surface area (Å²) in [6.07, 6.45) is 8.95. The normalized spacial score (nSPS) is 17.8. The Hall–Kier alpha value is -2.28. The Morgan fingerprint density at radius 2 is 2.16 bits per heavy atom. The van der Waals surface area contributed by atoms with Crippen LogP contribution < -0.4 is 9.64 Å². The number of aromatic nitrogens is 4. The van der Waals surface area contributed by atoms with Gasteiger partial charge < -0.3 is 9.64 Å². The lowest BCUT2D eigenvalue weighted by Crippen LogP contribution is -2.38. The predicted octanol–water partition coefficient (Wildman–Crippen LogP) is 3.39. The molecule has 1 unspecified atom stereocenters. The number of rotatable bonds is 4. The third kappa shape index (κ3) is 3.28. The molecule has 0 aliphatic carbocycles. The van der Waals surface area contributed by atoms with Gasteiger partial charge in [0, 0.05) is 36.3 Å². The zero-order valence-corrected chi connectivity index (χ0v) is 15.3. The Labute approximate surface area is 150 Å². The smallest absolute Gasteiger partial charge is 0.232 e. The minimum atomic E-state index is 0.459. The molecule has 0 aromatic carbocycles. The highest BCUT2D eigenvalue weighted by molar-refractivity contribution is 7.18. The first kappa shape index (κ1) is 16.2. The van der Waals surface area contributed by atoms with Crippen LogP contribution in [0.25, 0.3) is 10.2 Å². The molecule has 1 aliphatic heterocycles. The zero-order chi connectivity index (χ0) is 17.2. The van der Waals surface area contributed by atoms with E-state index in [0.717, 1.165) is 36.6 Å². The summed E-state index contributed by atoms with van der Waals surface area (Å²) in [6.45, 7) is 6.95. The van der Waals surface area contributed by atoms with E-state index in [1.165, 1.54) is 15.8 Å². The molecule has 0 N–H and O–H groups in total. The Morgan fingerprint density at radius 1 is 1.24 bits per heavy atom. The van der Waals surface area contributed by atoms with Gasteiger partial charge >= 0.3 is 0 Å². The third-order valence-electron chi connectivity index (χ3n) is 4.77. The van der Waals surface area contributed by atoms with Gasteiger partial charge in [0.1, 0.15) is 17.0 Å². The number of anilines is 1. The maximum Gasteiger partial charge on any atom is 0.232 e. The van der Waals surface area contributed by atoms with Gasteiger partial charge in [-0.1, -0.05) is 0 Å². The fraction of sp³-hybridized carbons (Fsp3) is 0.444. The highest BCUT2D eigenvalue weighted by Gasteiger charge is 2.24. The minimum Gasteiger partial charge on any atom is -0.476 e. The van der Waals surface area contributed by atoms with E-state index in [0.29, 0.717) is 18.4 Å². The maximum absolute atomic E-state index is 5.81. The van der Waals surface area contributed by atoms with Crippen LogP contribution in [0.15, 0.2) is 24.9 Å². The van der Waals surface area contributed by atoms with E-state index in [1.54, 1.807) is 36.3 Å². The van der Waals surface area contributed by atoms with Crippen LogP contribution in [0, 0.1) is 19.8 Å². The number of fused-ring (bicyclic) bond motifs is 1. The van der Waals surface area contributed by atoms with Gasteiger partial charge in [-0.15, -0.1) is 11.3 Å². The van der Waals surface area contributed by atoms with Crippen molar-refractivity contribution in [2.75, 3.05) is 24.6 Å². The molecule has 0 spiro atoms. The van der Waals surface area contributed by atoms with E-state index in [-0.39, 0.29) is 0 Å². The summed E-state index contributed by atoms with van der Waals surface area (Å²) in [6, 6.07) is 0. The molecule has 0 radical (unpaired) electrons. The lowest BCUT2D eigenvalue weighted by Gasteiger charge is -2.33. The number of hydrogen-bond donors (Lipinski definition) is 0. The van der Waals surface area contributed by atoms with Crippen molar-refractivity contribution in [3.63, 3.8) is 0 Å². The van der Waals surface area contributed by atoms with Gasteiger partial charge in [0.2, 0.25) is 5.88 Å². The highest BCUT2D eigenvalue weighted by atomic mass is 32.1. The van der Waals surface area contributed by atoms with E-state index < -0.39 is 0 Å². The fourth-order valence-electron chi connectivity index (χ4n) is 3.36. The largest absolute Gasteiger partial charge is 0.476 e. The SMILES string of the molecule is Cc1sc2ncnc(N3CCCC(COc4cnccn4)C3)c2c1C. The van der Waals surface area contributed by atoms with Gasteiger partial charge in [0.05, 0.1) is 18.2 Å². The molecule has 1 saturated heterocycles. The highest BCUT2D eigenvalue weighted by Crippen LogP contribution is 2.35. The first-order valence-electron chi connectivity index (χ1n) is 8.57. The summed E-state index contributed by atoms with van der Waals surface area (Å²) in [5.74, 6) is 2.12. The summed E-state index contributed by atoms with van der Waals surface area (Å²) in [7, 11) is 0. The second kappa shape index (κ2) is 6.92. The van der Waals surface area contributed by atoms with E-state index >= 15 is 0 Å². The van der Waals surface area contributed by atoms with Crippen LogP contribution in [0.2, 0.25) is 0 Å². The average molecular weight is 355 g/mol. The molecule has 4 rings (SSSR count). The predicted molar refractivity (Wildman–Crippen MR) is 99.4 cm³/mol. The van der Waals surface area contributed by atoms with Crippen LogP contribution in [0.3, 0.4) is 0 Å². The molecule has 4 heterocycles. The van der Waals surface area contributed by atoms with Crippen LogP contribution in [0.1, 0.15) is 23.3 Å². The van der Waals surface area contributed by atoms with Crippen molar-refractivity contribution in [2.24, 2.45) is 5.92 Å². The van der Waals surface area contributed by atoms with Gasteiger partial charge in [-0.25, -0.2) is 15.0 Å². The summed E-state index contributed by atoms with van der Waals surface area (Å²) < 4.78 is 5.81. The number of nitrogens with zero attached hydrogens (tertiary/aromatic N) is 5. The standard InChI is InChI=1S/C18H21N5OS/c1-12-13(2)25-18-16(12)17(21-11-22-18)23-7-3-4-14(9-23)10-24-15-8-19-5-6-20-15/h5-6,8,11,14H,3-4,7,9-10H2,1-2H3. The molecule has 0 saturated carbocycles. The number of aryl methyl sites for hydroxylation is 2. The molecule has 1 aliphatic rings. The zero-order valence-electron chi connectivity index (χ0n) is 14.5. The van der Waals surface area contributed by atoms with E-state index in [9.17, 15) is 0 Å². The van der Waals surface area contributed by atoms with Crippen molar-refractivity contribution in [1.29, 1.82) is 0 Å². The van der Waals surface area contributed by atoms with Crippen LogP contribution in [0.5, 0.6) is 5.88 Å². The first-order valence-corrected chi connectivity index (χ1v) is 9.38. The first-order chi connectivity index (χ1) is 12.2. The molecule has 25 heavy (non-hydrogen) atoms. The van der Waals surface area contributed by atoms with Gasteiger partial charge in [-0.2, -0.15) is 0 Å². The number of hydrogen-bond acceptors (Lipinski definition) is 7. The summed E-state index contributed by atoms with van der Waals surface area (Å²) in [5, 5.41) is 1.21. The Balaban J connectivity index is 1.52. The summed E-state index contributed by atoms with van der Waals surface area (Å²) in [4.78, 5) is 22.1. The van der Waals surface area contributed by atoms with Crippen molar-refractivity contribution in [2.45, 2.75) is 26.7 Å². The summed E-state index contributed by atoms with van der Waals surface area (Å²) >= 11 is 1.75. The Kier molecular flexibility index (Phi) is 4.48. The van der Waals surface area contributed by atoms with Crippen LogP contribution >= 0.6 is 11.3 Å². The van der Waals surface area contributed by atoms with Gasteiger partial charge in [0.15, 0.2) is 0 Å². The van der Waals surface area contributed by atoms with Gasteiger partial charge in [-0.3, -0.25) is 4.98 Å². The monoisotopic (exact) mass is 355 g/mol. The minimum absolute atomic E-state index is 0.459. The molecular formula is C18H21N5OS. The van der Waals surface area contributed by atoms with E-state index in [1.807, 2.05) is 0 Å². The van der Waals surface area contributed by atoms with Crippen molar-refractivity contribution in [1.82, 2.24) is 19.9 Å². The molecule has 0 bridgehead atoms. The number of thiophene rings is 1. The van der Waals surface area contributed by atoms with Crippen LogP contribution in [-0.2, 0) is 0 Å². The lowest BCUT2D eigenvalue weighted by molar-refractivity contribution is 0.221. The molecular weight excluding hydrogens is 334 g/mol. The fourth-order valence-corrected chi connectivity index (χ4v) is 4.35. The molecule has 1 fully saturated rings. The molecule has 3 aromatic heterocycles. The number of ether oxygens (including phenoxy) is 1. The van der Waals surface area contributed by atoms with Crippen molar-refractivity contribution in [3.05, 3.63) is 35.4 Å². The Bertz CT molecular complexity index is 867. The van der Waals surface area contributed by atoms with E-state index in [2.05, 4.69) is 38.7 Å². The van der Waals surface area contributed by atoms with Crippen molar-refractivity contribution < 1.29 is 4.74 Å². The molecule has 6 nitrogen and oxygen atoms in total. The molecule has 0 amide bonds. The van der Waals surface area contributed by atoms with Crippen LogP contribution in [-0.4, -0.2) is 39.6 Å². The maximum atomic E-state index is 5.81. The summed E-state index contributed by atoms with van der Waals surface area (Å²) in [5.41, 5.74) is 1.30. The Morgan fingerprint density at radius 3 is 3.00 bits per heavy atom. The van der Waals surface area contributed by atoms with Gasteiger partial charge in [0.25, 0.3) is 0 Å². The average Bonchev–Trinajstić information content (AvgIpc) is 2.95. The second-order valence-corrected chi connectivity index (χ2v) is 7.67. The quantitative estimate of drug-likeness (QED) is 0.715. The number of piperidine rings is 1. The van der Waals surface area contributed by atoms with Crippen LogP contribution in [0.4, 0.5) is 5.82 Å². The van der Waals surface area contributed by atoms with Gasteiger partial charge in [-0.05, 0) is 32.3 Å².